The molecule has 3 N–H and O–H groups in total. The van der Waals surface area contributed by atoms with E-state index in [0.717, 1.165) is 12.2 Å². The van der Waals surface area contributed by atoms with Crippen molar-refractivity contribution in [1.82, 2.24) is 10.2 Å². The zero-order chi connectivity index (χ0) is 19.6. The minimum Gasteiger partial charge on any atom is -0.504 e. The minimum absolute atomic E-state index is 0.140. The zero-order valence-corrected chi connectivity index (χ0v) is 15.4. The summed E-state index contributed by atoms with van der Waals surface area (Å²) in [6, 6.07) is 6.75. The van der Waals surface area contributed by atoms with E-state index in [9.17, 15) is 19.8 Å². The normalized spacial score (nSPS) is 20.0. The number of nitrogens with zero attached hydrogens (tertiary/aromatic N) is 1. The average molecular weight is 372 g/mol. The summed E-state index contributed by atoms with van der Waals surface area (Å²) in [4.78, 5) is 27.3. The van der Waals surface area contributed by atoms with Gasteiger partial charge in [-0.1, -0.05) is 19.4 Å². The monoisotopic (exact) mass is 372 g/mol. The lowest BCUT2D eigenvalue weighted by atomic mass is 9.97. The maximum Gasteiger partial charge on any atom is 0.246 e. The van der Waals surface area contributed by atoms with E-state index in [1.165, 1.54) is 12.1 Å². The van der Waals surface area contributed by atoms with Gasteiger partial charge in [0, 0.05) is 6.42 Å². The number of rotatable bonds is 6. The molecule has 7 nitrogen and oxygen atoms in total. The molecule has 144 valence electrons. The number of aryl methyl sites for hydroxylation is 1. The van der Waals surface area contributed by atoms with Crippen LogP contribution in [-0.2, 0) is 22.6 Å². The summed E-state index contributed by atoms with van der Waals surface area (Å²) in [7, 11) is 0. The van der Waals surface area contributed by atoms with Crippen molar-refractivity contribution in [3.8, 4) is 11.5 Å². The summed E-state index contributed by atoms with van der Waals surface area (Å²) in [5.74, 6) is 0.497. The smallest absolute Gasteiger partial charge is 0.246 e. The van der Waals surface area contributed by atoms with Gasteiger partial charge >= 0.3 is 0 Å². The van der Waals surface area contributed by atoms with Crippen LogP contribution in [-0.4, -0.2) is 39.0 Å². The molecular formula is C20H24N2O5. The number of furan rings is 1. The SMILES string of the molecule is CCCC1NC(=O)C(Cc2ccc(O)c(O)c2)N(Cc2ccc(C)o2)C1=O. The maximum absolute atomic E-state index is 13.0. The highest BCUT2D eigenvalue weighted by molar-refractivity contribution is 5.97. The van der Waals surface area contributed by atoms with Crippen molar-refractivity contribution in [2.45, 2.75) is 51.7 Å². The Labute approximate surface area is 157 Å². The van der Waals surface area contributed by atoms with Crippen LogP contribution in [0.25, 0.3) is 0 Å². The van der Waals surface area contributed by atoms with Crippen LogP contribution in [0.15, 0.2) is 34.7 Å². The van der Waals surface area contributed by atoms with Crippen molar-refractivity contribution in [3.63, 3.8) is 0 Å². The summed E-state index contributed by atoms with van der Waals surface area (Å²) >= 11 is 0. The lowest BCUT2D eigenvalue weighted by Crippen LogP contribution is -2.63. The molecule has 0 bridgehead atoms. The average Bonchev–Trinajstić information content (AvgIpc) is 3.03. The molecule has 0 saturated carbocycles. The molecule has 1 saturated heterocycles. The number of nitrogens with one attached hydrogen (secondary N) is 1. The summed E-state index contributed by atoms with van der Waals surface area (Å²) in [6.45, 7) is 3.99. The number of benzene rings is 1. The topological polar surface area (TPSA) is 103 Å². The van der Waals surface area contributed by atoms with E-state index in [4.69, 9.17) is 4.42 Å². The standard InChI is InChI=1S/C20H24N2O5/c1-3-4-15-20(26)22(11-14-7-5-12(2)27-14)16(19(25)21-15)9-13-6-8-17(23)18(24)10-13/h5-8,10,15-16,23-24H,3-4,9,11H2,1-2H3,(H,21,25). The van der Waals surface area contributed by atoms with Gasteiger partial charge in [0.05, 0.1) is 6.54 Å². The van der Waals surface area contributed by atoms with Gasteiger partial charge in [-0.15, -0.1) is 0 Å². The largest absolute Gasteiger partial charge is 0.504 e. The highest BCUT2D eigenvalue weighted by atomic mass is 16.3. The first-order chi connectivity index (χ1) is 12.9. The molecule has 2 aromatic rings. The molecular weight excluding hydrogens is 348 g/mol. The number of hydrogen-bond donors (Lipinski definition) is 3. The summed E-state index contributed by atoms with van der Waals surface area (Å²) in [5, 5.41) is 22.0. The molecule has 1 aromatic heterocycles. The Hall–Kier alpha value is -2.96. The van der Waals surface area contributed by atoms with Crippen LogP contribution in [0.1, 0.15) is 36.8 Å². The Morgan fingerprint density at radius 1 is 1.15 bits per heavy atom. The number of hydrogen-bond acceptors (Lipinski definition) is 5. The second kappa shape index (κ2) is 7.73. The molecule has 1 fully saturated rings. The molecule has 2 atom stereocenters. The molecule has 2 heterocycles. The fourth-order valence-corrected chi connectivity index (χ4v) is 3.36. The first-order valence-electron chi connectivity index (χ1n) is 9.06. The minimum atomic E-state index is -0.722. The zero-order valence-electron chi connectivity index (χ0n) is 15.4. The Morgan fingerprint density at radius 2 is 1.93 bits per heavy atom. The van der Waals surface area contributed by atoms with Gasteiger partial charge in [-0.25, -0.2) is 0 Å². The molecule has 0 spiro atoms. The predicted molar refractivity (Wildman–Crippen MR) is 98.1 cm³/mol. The third-order valence-corrected chi connectivity index (χ3v) is 4.74. The Kier molecular flexibility index (Phi) is 5.39. The van der Waals surface area contributed by atoms with E-state index in [-0.39, 0.29) is 36.3 Å². The van der Waals surface area contributed by atoms with Crippen LogP contribution in [0, 0.1) is 6.92 Å². The molecule has 1 aliphatic rings. The second-order valence-corrected chi connectivity index (χ2v) is 6.87. The highest BCUT2D eigenvalue weighted by Crippen LogP contribution is 2.27. The first-order valence-corrected chi connectivity index (χ1v) is 9.06. The number of amides is 2. The van der Waals surface area contributed by atoms with E-state index in [2.05, 4.69) is 5.32 Å². The van der Waals surface area contributed by atoms with E-state index in [1.54, 1.807) is 17.0 Å². The van der Waals surface area contributed by atoms with Gasteiger partial charge < -0.3 is 24.8 Å². The van der Waals surface area contributed by atoms with Crippen LogP contribution >= 0.6 is 0 Å². The Bertz CT molecular complexity index is 845. The van der Waals surface area contributed by atoms with Gasteiger partial charge in [-0.05, 0) is 43.2 Å². The molecule has 27 heavy (non-hydrogen) atoms. The Morgan fingerprint density at radius 3 is 2.56 bits per heavy atom. The molecule has 0 radical (unpaired) electrons. The predicted octanol–water partition coefficient (Wildman–Crippen LogP) is 2.24. The van der Waals surface area contributed by atoms with Crippen molar-refractivity contribution in [2.75, 3.05) is 0 Å². The van der Waals surface area contributed by atoms with Gasteiger partial charge in [0.25, 0.3) is 0 Å². The number of aromatic hydroxyl groups is 2. The fourth-order valence-electron chi connectivity index (χ4n) is 3.36. The molecule has 2 unspecified atom stereocenters. The molecule has 7 heteroatoms. The number of carbonyl (C=O) groups is 2. The molecule has 2 amide bonds. The van der Waals surface area contributed by atoms with Crippen molar-refractivity contribution in [1.29, 1.82) is 0 Å². The first kappa shape index (κ1) is 18.8. The van der Waals surface area contributed by atoms with Crippen LogP contribution in [0.2, 0.25) is 0 Å². The van der Waals surface area contributed by atoms with Crippen LogP contribution < -0.4 is 5.32 Å². The third-order valence-electron chi connectivity index (χ3n) is 4.74. The van der Waals surface area contributed by atoms with Gasteiger partial charge in [0.2, 0.25) is 11.8 Å². The second-order valence-electron chi connectivity index (χ2n) is 6.87. The van der Waals surface area contributed by atoms with E-state index < -0.39 is 12.1 Å². The summed E-state index contributed by atoms with van der Waals surface area (Å²) < 4.78 is 5.60. The Balaban J connectivity index is 1.88. The van der Waals surface area contributed by atoms with Crippen LogP contribution in [0.3, 0.4) is 0 Å². The molecule has 1 aromatic carbocycles. The van der Waals surface area contributed by atoms with E-state index in [0.29, 0.717) is 17.7 Å². The third kappa shape index (κ3) is 4.07. The number of piperazine rings is 1. The van der Waals surface area contributed by atoms with Gasteiger partial charge in [0.1, 0.15) is 23.6 Å². The van der Waals surface area contributed by atoms with E-state index >= 15 is 0 Å². The van der Waals surface area contributed by atoms with E-state index in [1.807, 2.05) is 19.9 Å². The summed E-state index contributed by atoms with van der Waals surface area (Å²) in [6.07, 6.45) is 1.58. The van der Waals surface area contributed by atoms with Gasteiger partial charge in [-0.3, -0.25) is 9.59 Å². The maximum atomic E-state index is 13.0. The van der Waals surface area contributed by atoms with Crippen LogP contribution in [0.5, 0.6) is 11.5 Å². The lowest BCUT2D eigenvalue weighted by Gasteiger charge is -2.38. The number of phenols is 2. The molecule has 1 aliphatic heterocycles. The van der Waals surface area contributed by atoms with Crippen molar-refractivity contribution in [2.24, 2.45) is 0 Å². The van der Waals surface area contributed by atoms with Crippen molar-refractivity contribution in [3.05, 3.63) is 47.4 Å². The summed E-state index contributed by atoms with van der Waals surface area (Å²) in [5.41, 5.74) is 0.646. The quantitative estimate of drug-likeness (QED) is 0.675. The molecule has 3 rings (SSSR count). The lowest BCUT2D eigenvalue weighted by molar-refractivity contribution is -0.150. The van der Waals surface area contributed by atoms with Crippen molar-refractivity contribution >= 4 is 11.8 Å². The highest BCUT2D eigenvalue weighted by Gasteiger charge is 2.40. The number of carbonyl (C=O) groups excluding carboxylic acids is 2. The van der Waals surface area contributed by atoms with Gasteiger partial charge in [0.15, 0.2) is 11.5 Å². The molecule has 0 aliphatic carbocycles. The van der Waals surface area contributed by atoms with Crippen molar-refractivity contribution < 1.29 is 24.2 Å². The van der Waals surface area contributed by atoms with Crippen LogP contribution in [0.4, 0.5) is 0 Å². The fraction of sp³-hybridized carbons (Fsp3) is 0.400. The van der Waals surface area contributed by atoms with Gasteiger partial charge in [-0.2, -0.15) is 0 Å². The number of phenolic OH excluding ortho intramolecular Hbond substituents is 2.